The summed E-state index contributed by atoms with van der Waals surface area (Å²) in [6, 6.07) is 33.7. The van der Waals surface area contributed by atoms with Crippen LogP contribution in [0.4, 0.5) is 5.69 Å². The Morgan fingerprint density at radius 3 is 2.52 bits per heavy atom. The van der Waals surface area contributed by atoms with Crippen LogP contribution in [-0.4, -0.2) is 16.4 Å². The predicted octanol–water partition coefficient (Wildman–Crippen LogP) is 8.49. The summed E-state index contributed by atoms with van der Waals surface area (Å²) in [5.74, 6) is 0.323. The number of aromatic hydroxyl groups is 1. The van der Waals surface area contributed by atoms with Crippen molar-refractivity contribution in [2.24, 2.45) is 0 Å². The molecule has 4 aromatic carbocycles. The predicted molar refractivity (Wildman–Crippen MR) is 175 cm³/mol. The third kappa shape index (κ3) is 4.95. The summed E-state index contributed by atoms with van der Waals surface area (Å²) in [6.07, 6.45) is 1.50. The number of aromatic nitrogens is 1. The molecule has 7 heteroatoms. The summed E-state index contributed by atoms with van der Waals surface area (Å²) in [7, 11) is 0. The van der Waals surface area contributed by atoms with Gasteiger partial charge < -0.3 is 14.8 Å². The molecule has 0 bridgehead atoms. The third-order valence-corrected chi connectivity index (χ3v) is 8.13. The molecule has 6 nitrogen and oxygen atoms in total. The number of halogens is 1. The Balaban J connectivity index is 1.36. The number of anilines is 1. The smallest absolute Gasteiger partial charge is 0.200 e. The zero-order valence-electron chi connectivity index (χ0n) is 23.4. The van der Waals surface area contributed by atoms with Crippen LogP contribution in [0.1, 0.15) is 27.2 Å². The molecule has 7 rings (SSSR count). The van der Waals surface area contributed by atoms with Crippen molar-refractivity contribution in [3.8, 4) is 28.2 Å². The fourth-order valence-corrected chi connectivity index (χ4v) is 5.87. The minimum Gasteiger partial charge on any atom is -0.507 e. The van der Waals surface area contributed by atoms with Crippen molar-refractivity contribution in [1.82, 2.24) is 4.98 Å². The van der Waals surface area contributed by atoms with Crippen molar-refractivity contribution in [3.05, 3.63) is 147 Å². The molecule has 0 unspecified atom stereocenters. The number of aldehydes is 1. The first kappa shape index (κ1) is 27.4. The minimum atomic E-state index is -0.384. The van der Waals surface area contributed by atoms with E-state index in [4.69, 9.17) is 21.0 Å². The molecule has 1 aromatic heterocycles. The van der Waals surface area contributed by atoms with Crippen molar-refractivity contribution in [3.63, 3.8) is 0 Å². The van der Waals surface area contributed by atoms with Gasteiger partial charge in [-0.2, -0.15) is 0 Å². The highest BCUT2D eigenvalue weighted by Gasteiger charge is 2.23. The minimum absolute atomic E-state index is 0.0250. The molecule has 0 atom stereocenters. The van der Waals surface area contributed by atoms with Crippen LogP contribution < -0.4 is 10.7 Å². The zero-order valence-corrected chi connectivity index (χ0v) is 24.1. The van der Waals surface area contributed by atoms with Crippen molar-refractivity contribution in [1.29, 1.82) is 0 Å². The molecule has 5 aromatic rings. The largest absolute Gasteiger partial charge is 0.507 e. The summed E-state index contributed by atoms with van der Waals surface area (Å²) < 4.78 is 6.33. The van der Waals surface area contributed by atoms with E-state index < -0.39 is 0 Å². The molecule has 214 valence electrons. The number of phenols is 1. The number of hydrogen-bond donors (Lipinski definition) is 2. The fourth-order valence-electron chi connectivity index (χ4n) is 5.71. The summed E-state index contributed by atoms with van der Waals surface area (Å²) in [6.45, 7) is 0.203. The van der Waals surface area contributed by atoms with E-state index in [-0.39, 0.29) is 22.7 Å². The summed E-state index contributed by atoms with van der Waals surface area (Å²) in [5.41, 5.74) is 6.64. The van der Waals surface area contributed by atoms with Gasteiger partial charge in [-0.3, -0.25) is 14.6 Å². The molecule has 2 heterocycles. The molecule has 0 spiro atoms. The van der Waals surface area contributed by atoms with E-state index in [0.717, 1.165) is 28.6 Å². The van der Waals surface area contributed by atoms with E-state index in [1.54, 1.807) is 30.3 Å². The summed E-state index contributed by atoms with van der Waals surface area (Å²) >= 11 is 6.27. The molecule has 2 aliphatic rings. The number of phenolic OH excluding ortho intramolecular Hbond substituents is 1. The Hall–Kier alpha value is -5.46. The van der Waals surface area contributed by atoms with Crippen molar-refractivity contribution in [2.75, 3.05) is 5.32 Å². The van der Waals surface area contributed by atoms with Crippen LogP contribution in [0.25, 0.3) is 44.3 Å². The second-order valence-corrected chi connectivity index (χ2v) is 11.0. The van der Waals surface area contributed by atoms with Gasteiger partial charge in [-0.25, -0.2) is 0 Å². The first-order valence-electron chi connectivity index (χ1n) is 14.1. The number of fused-ring (bicyclic) bond motifs is 3. The van der Waals surface area contributed by atoms with Gasteiger partial charge in [0.05, 0.1) is 21.8 Å². The number of rotatable bonds is 7. The van der Waals surface area contributed by atoms with Gasteiger partial charge in [0, 0.05) is 52.2 Å². The Kier molecular flexibility index (Phi) is 7.04. The second kappa shape index (κ2) is 11.3. The van der Waals surface area contributed by atoms with Gasteiger partial charge in [0.15, 0.2) is 6.29 Å². The lowest BCUT2D eigenvalue weighted by Crippen LogP contribution is -2.05. The number of pyridine rings is 1. The highest BCUT2D eigenvalue weighted by molar-refractivity contribution is 6.31. The third-order valence-electron chi connectivity index (χ3n) is 7.84. The molecule has 0 amide bonds. The van der Waals surface area contributed by atoms with Gasteiger partial charge in [-0.1, -0.05) is 84.4 Å². The second-order valence-electron chi connectivity index (χ2n) is 10.6. The molecule has 2 N–H and O–H groups in total. The van der Waals surface area contributed by atoms with Gasteiger partial charge >= 0.3 is 0 Å². The van der Waals surface area contributed by atoms with Gasteiger partial charge in [-0.15, -0.1) is 0 Å². The Morgan fingerprint density at radius 2 is 1.68 bits per heavy atom. The monoisotopic (exact) mass is 596 g/mol. The van der Waals surface area contributed by atoms with Crippen LogP contribution in [0.15, 0.2) is 118 Å². The average Bonchev–Trinajstić information content (AvgIpc) is 3.04. The van der Waals surface area contributed by atoms with Crippen molar-refractivity contribution >= 4 is 45.4 Å². The number of benzene rings is 5. The molecule has 0 saturated heterocycles. The van der Waals surface area contributed by atoms with E-state index in [1.165, 1.54) is 11.6 Å². The maximum absolute atomic E-state index is 12.6. The number of para-hydroxylation sites is 1. The molecule has 1 aliphatic carbocycles. The fraction of sp³-hybridized carbons (Fsp3) is 0.0541. The molecule has 44 heavy (non-hydrogen) atoms. The lowest BCUT2D eigenvalue weighted by Gasteiger charge is -2.19. The average molecular weight is 597 g/mol. The molecule has 0 saturated carbocycles. The first-order valence-corrected chi connectivity index (χ1v) is 14.5. The molecule has 1 aliphatic heterocycles. The SMILES string of the molecule is O=Cc1ccccc1-c1c2cc(Cl)c(=O)cc-2oc2c(CNc3cccc4ccc(Cc5ccccc5)nc34)c(O)ccc12. The topological polar surface area (TPSA) is 92.4 Å². The van der Waals surface area contributed by atoms with E-state index in [1.807, 2.05) is 54.6 Å². The highest BCUT2D eigenvalue weighted by Crippen LogP contribution is 2.44. The highest BCUT2D eigenvalue weighted by atomic mass is 35.5. The van der Waals surface area contributed by atoms with E-state index >= 15 is 0 Å². The standard InChI is InChI=1S/C37H25ClN2O4/c38-30-18-28-34(19-33(30)43)44-37-27(35(28)26-11-5-4-9-24(26)21-41)15-16-32(42)29(37)20-39-31-12-6-10-23-13-14-25(40-36(23)31)17-22-7-2-1-3-8-22/h1-16,18-19,21,39,42H,17,20H2. The normalized spacial score (nSPS) is 11.3. The van der Waals surface area contributed by atoms with Gasteiger partial charge in [0.25, 0.3) is 0 Å². The summed E-state index contributed by atoms with van der Waals surface area (Å²) in [5, 5.41) is 16.2. The lowest BCUT2D eigenvalue weighted by atomic mass is 9.90. The number of carbonyl (C=O) groups is 1. The van der Waals surface area contributed by atoms with Crippen LogP contribution in [0, 0.1) is 0 Å². The maximum atomic E-state index is 12.6. The van der Waals surface area contributed by atoms with E-state index in [0.29, 0.717) is 51.0 Å². The van der Waals surface area contributed by atoms with Gasteiger partial charge in [-0.05, 0) is 41.5 Å². The summed E-state index contributed by atoms with van der Waals surface area (Å²) in [4.78, 5) is 29.6. The van der Waals surface area contributed by atoms with Crippen LogP contribution in [0.2, 0.25) is 5.02 Å². The van der Waals surface area contributed by atoms with Crippen LogP contribution >= 0.6 is 11.6 Å². The number of nitrogens with one attached hydrogen (secondary N) is 1. The van der Waals surface area contributed by atoms with Gasteiger partial charge in [0.1, 0.15) is 17.1 Å². The Morgan fingerprint density at radius 1 is 0.864 bits per heavy atom. The van der Waals surface area contributed by atoms with Crippen molar-refractivity contribution < 1.29 is 14.3 Å². The molecular weight excluding hydrogens is 572 g/mol. The zero-order chi connectivity index (χ0) is 30.2. The number of hydrogen-bond acceptors (Lipinski definition) is 6. The Labute approximate surface area is 257 Å². The lowest BCUT2D eigenvalue weighted by molar-refractivity contribution is 0.112. The van der Waals surface area contributed by atoms with Gasteiger partial charge in [0.2, 0.25) is 5.43 Å². The molecule has 0 fully saturated rings. The van der Waals surface area contributed by atoms with Crippen molar-refractivity contribution in [2.45, 2.75) is 13.0 Å². The molecular formula is C37H25ClN2O4. The van der Waals surface area contributed by atoms with Crippen LogP contribution in [0.3, 0.4) is 0 Å². The van der Waals surface area contributed by atoms with Crippen LogP contribution in [-0.2, 0) is 13.0 Å². The number of carbonyl (C=O) groups excluding carboxylic acids is 1. The van der Waals surface area contributed by atoms with E-state index in [9.17, 15) is 14.7 Å². The quantitative estimate of drug-likeness (QED) is 0.142. The molecule has 0 radical (unpaired) electrons. The maximum Gasteiger partial charge on any atom is 0.200 e. The Bertz CT molecular complexity index is 2230. The first-order chi connectivity index (χ1) is 21.5. The number of nitrogens with zero attached hydrogens (tertiary/aromatic N) is 1. The van der Waals surface area contributed by atoms with Crippen LogP contribution in [0.5, 0.6) is 5.75 Å². The van der Waals surface area contributed by atoms with E-state index in [2.05, 4.69) is 23.5 Å².